The van der Waals surface area contributed by atoms with Crippen LogP contribution in [-0.4, -0.2) is 32.0 Å². The summed E-state index contributed by atoms with van der Waals surface area (Å²) in [6, 6.07) is 7.45. The number of hydrogen-bond acceptors (Lipinski definition) is 6. The Bertz CT molecular complexity index is 1150. The molecule has 29 heavy (non-hydrogen) atoms. The van der Waals surface area contributed by atoms with Crippen LogP contribution in [0.4, 0.5) is 5.95 Å². The second-order valence-corrected chi connectivity index (χ2v) is 7.29. The molecule has 0 aliphatic carbocycles. The van der Waals surface area contributed by atoms with Crippen molar-refractivity contribution in [3.8, 4) is 5.75 Å². The van der Waals surface area contributed by atoms with E-state index < -0.39 is 5.69 Å². The molecule has 154 valence electrons. The molecule has 0 fully saturated rings. The third-order valence-electron chi connectivity index (χ3n) is 4.77. The van der Waals surface area contributed by atoms with Crippen LogP contribution in [0.25, 0.3) is 11.2 Å². The van der Waals surface area contributed by atoms with Gasteiger partial charge in [0.05, 0.1) is 13.3 Å². The van der Waals surface area contributed by atoms with Gasteiger partial charge in [-0.25, -0.2) is 10.2 Å². The zero-order valence-corrected chi connectivity index (χ0v) is 17.3. The van der Waals surface area contributed by atoms with Crippen molar-refractivity contribution in [2.45, 2.75) is 26.8 Å². The number of hydrogen-bond donors (Lipinski definition) is 1. The lowest BCUT2D eigenvalue weighted by molar-refractivity contribution is 0.415. The van der Waals surface area contributed by atoms with Gasteiger partial charge in [0.25, 0.3) is 5.56 Å². The van der Waals surface area contributed by atoms with E-state index in [1.165, 1.54) is 11.6 Å². The van der Waals surface area contributed by atoms with Crippen molar-refractivity contribution in [1.82, 2.24) is 18.7 Å². The lowest BCUT2D eigenvalue weighted by atomic mass is 10.1. The fourth-order valence-electron chi connectivity index (χ4n) is 2.99. The molecule has 2 aromatic heterocycles. The summed E-state index contributed by atoms with van der Waals surface area (Å²) >= 11 is 0. The summed E-state index contributed by atoms with van der Waals surface area (Å²) in [5.41, 5.74) is 3.75. The summed E-state index contributed by atoms with van der Waals surface area (Å²) in [4.78, 5) is 29.5. The van der Waals surface area contributed by atoms with Gasteiger partial charge in [0.2, 0.25) is 5.95 Å². The van der Waals surface area contributed by atoms with Crippen LogP contribution < -0.4 is 21.4 Å². The van der Waals surface area contributed by atoms with E-state index in [4.69, 9.17) is 4.74 Å². The van der Waals surface area contributed by atoms with Gasteiger partial charge in [-0.2, -0.15) is 10.1 Å². The monoisotopic (exact) mass is 398 g/mol. The Balaban J connectivity index is 2.01. The highest BCUT2D eigenvalue weighted by molar-refractivity contribution is 5.80. The van der Waals surface area contributed by atoms with Crippen LogP contribution in [0.3, 0.4) is 0 Å². The van der Waals surface area contributed by atoms with E-state index in [0.717, 1.165) is 22.3 Å². The van der Waals surface area contributed by atoms with Gasteiger partial charge in [0, 0.05) is 20.6 Å². The van der Waals surface area contributed by atoms with Gasteiger partial charge >= 0.3 is 5.69 Å². The summed E-state index contributed by atoms with van der Waals surface area (Å²) in [6.45, 7) is 4.81. The van der Waals surface area contributed by atoms with Crippen LogP contribution >= 0.6 is 0 Å². The lowest BCUT2D eigenvalue weighted by Gasteiger charge is -2.10. The van der Waals surface area contributed by atoms with Crippen LogP contribution in [0.2, 0.25) is 0 Å². The number of methoxy groups -OCH3 is 1. The van der Waals surface area contributed by atoms with E-state index in [2.05, 4.69) is 29.4 Å². The number of aromatic nitrogens is 4. The molecule has 3 aromatic rings. The third kappa shape index (κ3) is 4.08. The Morgan fingerprint density at radius 2 is 1.86 bits per heavy atom. The first-order valence-corrected chi connectivity index (χ1v) is 9.42. The molecular weight excluding hydrogens is 372 g/mol. The molecule has 1 N–H and O–H groups in total. The molecule has 0 aliphatic heterocycles. The fraction of sp³-hybridized carbons (Fsp3) is 0.400. The number of nitrogens with one attached hydrogen (secondary N) is 1. The average molecular weight is 398 g/mol. The third-order valence-corrected chi connectivity index (χ3v) is 4.77. The van der Waals surface area contributed by atoms with E-state index in [1.807, 2.05) is 24.3 Å². The first-order valence-electron chi connectivity index (χ1n) is 9.42. The Hall–Kier alpha value is -3.36. The van der Waals surface area contributed by atoms with Crippen LogP contribution in [-0.2, 0) is 20.6 Å². The standard InChI is InChI=1S/C20H26N6O3/c1-13(2)10-11-26-16-17(24(3)20(28)25(4)18(16)27)22-19(26)23-21-12-14-6-8-15(29-5)9-7-14/h6-9,12-13H,10-11H2,1-5H3,(H,22,23)/b21-12+. The second-order valence-electron chi connectivity index (χ2n) is 7.29. The molecule has 0 spiro atoms. The normalized spacial score (nSPS) is 11.7. The highest BCUT2D eigenvalue weighted by Gasteiger charge is 2.19. The minimum Gasteiger partial charge on any atom is -0.497 e. The number of benzene rings is 1. The van der Waals surface area contributed by atoms with Gasteiger partial charge < -0.3 is 9.30 Å². The summed E-state index contributed by atoms with van der Waals surface area (Å²) < 4.78 is 9.41. The first-order chi connectivity index (χ1) is 13.8. The van der Waals surface area contributed by atoms with Crippen molar-refractivity contribution in [2.24, 2.45) is 25.1 Å². The molecular formula is C20H26N6O3. The lowest BCUT2D eigenvalue weighted by Crippen LogP contribution is -2.37. The molecule has 0 saturated carbocycles. The second kappa shape index (κ2) is 8.34. The molecule has 0 bridgehead atoms. The minimum atomic E-state index is -0.413. The van der Waals surface area contributed by atoms with Gasteiger partial charge in [-0.05, 0) is 42.2 Å². The van der Waals surface area contributed by atoms with Crippen molar-refractivity contribution in [1.29, 1.82) is 0 Å². The predicted octanol–water partition coefficient (Wildman–Crippen LogP) is 1.93. The van der Waals surface area contributed by atoms with Crippen molar-refractivity contribution in [3.63, 3.8) is 0 Å². The van der Waals surface area contributed by atoms with Gasteiger partial charge in [0.1, 0.15) is 5.75 Å². The molecule has 0 amide bonds. The highest BCUT2D eigenvalue weighted by Crippen LogP contribution is 2.18. The first kappa shape index (κ1) is 20.4. The topological polar surface area (TPSA) is 95.4 Å². The van der Waals surface area contributed by atoms with Gasteiger partial charge in [-0.1, -0.05) is 13.8 Å². The molecule has 2 heterocycles. The number of imidazole rings is 1. The van der Waals surface area contributed by atoms with E-state index in [1.54, 1.807) is 24.9 Å². The summed E-state index contributed by atoms with van der Waals surface area (Å²) in [5.74, 6) is 1.63. The predicted molar refractivity (Wildman–Crippen MR) is 114 cm³/mol. The molecule has 9 nitrogen and oxygen atoms in total. The Labute approximate surface area is 168 Å². The maximum absolute atomic E-state index is 12.7. The fourth-order valence-corrected chi connectivity index (χ4v) is 2.99. The molecule has 0 aliphatic rings. The Kier molecular flexibility index (Phi) is 5.86. The summed E-state index contributed by atoms with van der Waals surface area (Å²) in [7, 11) is 4.69. The van der Waals surface area contributed by atoms with Crippen molar-refractivity contribution in [2.75, 3.05) is 12.5 Å². The smallest absolute Gasteiger partial charge is 0.332 e. The van der Waals surface area contributed by atoms with Gasteiger partial charge in [-0.15, -0.1) is 0 Å². The zero-order valence-electron chi connectivity index (χ0n) is 17.3. The number of anilines is 1. The maximum Gasteiger partial charge on any atom is 0.332 e. The van der Waals surface area contributed by atoms with Crippen LogP contribution in [0.5, 0.6) is 5.75 Å². The van der Waals surface area contributed by atoms with Crippen molar-refractivity contribution in [3.05, 3.63) is 50.7 Å². The summed E-state index contributed by atoms with van der Waals surface area (Å²) in [5, 5.41) is 4.26. The van der Waals surface area contributed by atoms with Crippen molar-refractivity contribution < 1.29 is 4.74 Å². The van der Waals surface area contributed by atoms with E-state index >= 15 is 0 Å². The Morgan fingerprint density at radius 1 is 1.17 bits per heavy atom. The van der Waals surface area contributed by atoms with E-state index in [0.29, 0.717) is 29.6 Å². The average Bonchev–Trinajstić information content (AvgIpc) is 3.08. The number of hydrazone groups is 1. The number of aryl methyl sites for hydroxylation is 2. The maximum atomic E-state index is 12.7. The number of ether oxygens (including phenoxy) is 1. The van der Waals surface area contributed by atoms with Gasteiger partial charge in [0.15, 0.2) is 11.2 Å². The van der Waals surface area contributed by atoms with Crippen LogP contribution in [0.15, 0.2) is 39.0 Å². The molecule has 1 aromatic carbocycles. The van der Waals surface area contributed by atoms with E-state index in [-0.39, 0.29) is 5.56 Å². The largest absolute Gasteiger partial charge is 0.497 e. The molecule has 3 rings (SSSR count). The van der Waals surface area contributed by atoms with Crippen LogP contribution in [0, 0.1) is 5.92 Å². The van der Waals surface area contributed by atoms with Crippen molar-refractivity contribution >= 4 is 23.3 Å². The molecule has 0 unspecified atom stereocenters. The summed E-state index contributed by atoms with van der Waals surface area (Å²) in [6.07, 6.45) is 2.51. The number of nitrogens with zero attached hydrogens (tertiary/aromatic N) is 5. The van der Waals surface area contributed by atoms with E-state index in [9.17, 15) is 9.59 Å². The molecule has 0 radical (unpaired) electrons. The highest BCUT2D eigenvalue weighted by atomic mass is 16.5. The Morgan fingerprint density at radius 3 is 2.48 bits per heavy atom. The minimum absolute atomic E-state index is 0.337. The molecule has 9 heteroatoms. The van der Waals surface area contributed by atoms with Gasteiger partial charge in [-0.3, -0.25) is 13.9 Å². The zero-order chi connectivity index (χ0) is 21.1. The molecule has 0 atom stereocenters. The quantitative estimate of drug-likeness (QED) is 0.485. The van der Waals surface area contributed by atoms with Crippen LogP contribution in [0.1, 0.15) is 25.8 Å². The number of fused-ring (bicyclic) bond motifs is 1. The molecule has 0 saturated heterocycles. The SMILES string of the molecule is COc1ccc(/C=N/Nc2nc3c(c(=O)n(C)c(=O)n3C)n2CCC(C)C)cc1. The number of rotatable bonds is 7.